The van der Waals surface area contributed by atoms with Crippen LogP contribution in [0.15, 0.2) is 46.0 Å². The molecule has 1 fully saturated rings. The third kappa shape index (κ3) is 4.99. The average Bonchev–Trinajstić information content (AvgIpc) is 3.80. The maximum atomic E-state index is 13.0. The van der Waals surface area contributed by atoms with Crippen LogP contribution in [0.2, 0.25) is 0 Å². The van der Waals surface area contributed by atoms with Gasteiger partial charge in [0, 0.05) is 0 Å². The van der Waals surface area contributed by atoms with Crippen LogP contribution in [-0.2, 0) is 6.61 Å². The Kier molecular flexibility index (Phi) is 7.15. The van der Waals surface area contributed by atoms with Crippen molar-refractivity contribution in [2.45, 2.75) is 25.5 Å². The molecule has 2 N–H and O–H groups in total. The van der Waals surface area contributed by atoms with Gasteiger partial charge in [-0.25, -0.2) is 0 Å². The summed E-state index contributed by atoms with van der Waals surface area (Å²) in [5.74, 6) is 0.666. The number of aliphatic hydroxyl groups excluding tert-OH is 1. The van der Waals surface area contributed by atoms with E-state index < -0.39 is 0 Å². The van der Waals surface area contributed by atoms with Crippen LogP contribution in [0.4, 0.5) is 10.3 Å². The normalized spacial score (nSPS) is 14.3. The van der Waals surface area contributed by atoms with Gasteiger partial charge in [-0.1, -0.05) is 0 Å². The van der Waals surface area contributed by atoms with Crippen molar-refractivity contribution in [3.8, 4) is 16.0 Å². The minimum atomic E-state index is -0.203. The number of hydrogen-bond acceptors (Lipinski definition) is 12. The SMILES string of the molecule is COc1ccc2[se]n(-c3nnc(NC4CCN(c5nnc(-n6[se]c7ccc(CO)cc7c6=O)s5)CC4)s3)c(=O)c2c1. The number of piperidine rings is 1. The molecule has 0 unspecified atom stereocenters. The van der Waals surface area contributed by atoms with Crippen molar-refractivity contribution in [3.05, 3.63) is 62.7 Å². The number of hydrogen-bond donors (Lipinski definition) is 2. The van der Waals surface area contributed by atoms with Crippen LogP contribution < -0.4 is 26.1 Å². The molecule has 6 aromatic rings. The standard InChI is InChI=1S/C25H22N8O4S2Se2/c1-37-15-3-5-19-17(11-15)21(36)32(41-19)24-29-27-22(38-24)26-14-6-8-31(9-7-14)23-28-30-25(39-23)33-20(35)16-10-13(12-34)2-4-18(16)40-33/h2-5,10-11,14,34H,6-9,12H2,1H3,(H,26,27). The number of fused-ring (bicyclic) bond motifs is 2. The summed E-state index contributed by atoms with van der Waals surface area (Å²) in [4.78, 5) is 28.2. The maximum absolute atomic E-state index is 13.0. The van der Waals surface area contributed by atoms with Crippen LogP contribution in [0, 0.1) is 0 Å². The molecule has 0 spiro atoms. The predicted octanol–water partition coefficient (Wildman–Crippen LogP) is 1.69. The number of ether oxygens (including phenoxy) is 1. The average molecular weight is 721 g/mol. The van der Waals surface area contributed by atoms with Crippen LogP contribution in [0.1, 0.15) is 18.4 Å². The van der Waals surface area contributed by atoms with E-state index in [2.05, 4.69) is 30.6 Å². The Morgan fingerprint density at radius 3 is 2.24 bits per heavy atom. The van der Waals surface area contributed by atoms with E-state index in [4.69, 9.17) is 4.74 Å². The fourth-order valence-corrected chi connectivity index (χ4v) is 10.7. The number of methoxy groups -OCH3 is 1. The second-order valence-corrected chi connectivity index (χ2v) is 15.4. The summed E-state index contributed by atoms with van der Waals surface area (Å²) in [6.07, 6.45) is 1.76. The number of benzene rings is 2. The topological polar surface area (TPSA) is 140 Å². The third-order valence-electron chi connectivity index (χ3n) is 6.88. The van der Waals surface area contributed by atoms with Gasteiger partial charge in [0.25, 0.3) is 0 Å². The molecule has 0 amide bonds. The Morgan fingerprint density at radius 2 is 1.54 bits per heavy atom. The molecule has 1 aliphatic rings. The van der Waals surface area contributed by atoms with E-state index >= 15 is 0 Å². The zero-order valence-electron chi connectivity index (χ0n) is 21.5. The van der Waals surface area contributed by atoms with Gasteiger partial charge in [-0.05, 0) is 0 Å². The Balaban J connectivity index is 1.01. The van der Waals surface area contributed by atoms with Gasteiger partial charge in [0.1, 0.15) is 0 Å². The molecular formula is C25H22N8O4S2Se2. The molecule has 0 bridgehead atoms. The van der Waals surface area contributed by atoms with Crippen molar-refractivity contribution in [1.29, 1.82) is 0 Å². The molecule has 16 heteroatoms. The molecule has 5 heterocycles. The van der Waals surface area contributed by atoms with E-state index in [1.165, 1.54) is 22.7 Å². The van der Waals surface area contributed by atoms with Crippen LogP contribution >= 0.6 is 22.7 Å². The number of rotatable bonds is 7. The molecular weight excluding hydrogens is 698 g/mol. The van der Waals surface area contributed by atoms with Crippen molar-refractivity contribution in [2.75, 3.05) is 30.4 Å². The van der Waals surface area contributed by atoms with Crippen molar-refractivity contribution >= 4 is 81.7 Å². The van der Waals surface area contributed by atoms with E-state index in [1.807, 2.05) is 24.3 Å². The molecule has 4 aromatic heterocycles. The molecule has 0 aliphatic carbocycles. The Bertz CT molecular complexity index is 2000. The van der Waals surface area contributed by atoms with Crippen molar-refractivity contribution in [3.63, 3.8) is 0 Å². The van der Waals surface area contributed by atoms with Crippen molar-refractivity contribution < 1.29 is 9.84 Å². The first-order valence-corrected chi connectivity index (χ1v) is 17.5. The Morgan fingerprint density at radius 1 is 0.902 bits per heavy atom. The van der Waals surface area contributed by atoms with Gasteiger partial charge in [-0.2, -0.15) is 0 Å². The van der Waals surface area contributed by atoms with Gasteiger partial charge in [0.2, 0.25) is 0 Å². The van der Waals surface area contributed by atoms with E-state index in [0.29, 0.717) is 31.9 Å². The Hall–Kier alpha value is -3.10. The summed E-state index contributed by atoms with van der Waals surface area (Å²) in [7, 11) is 1.59. The van der Waals surface area contributed by atoms with E-state index in [-0.39, 0.29) is 53.2 Å². The van der Waals surface area contributed by atoms with Crippen LogP contribution in [0.25, 0.3) is 29.6 Å². The monoisotopic (exact) mass is 722 g/mol. The number of nitrogens with one attached hydrogen (secondary N) is 1. The summed E-state index contributed by atoms with van der Waals surface area (Å²) in [6.45, 7) is 1.50. The second kappa shape index (κ2) is 11.0. The molecule has 0 atom stereocenters. The van der Waals surface area contributed by atoms with Crippen LogP contribution in [0.3, 0.4) is 0 Å². The summed E-state index contributed by atoms with van der Waals surface area (Å²) in [6, 6.07) is 11.4. The summed E-state index contributed by atoms with van der Waals surface area (Å²) < 4.78 is 10.7. The van der Waals surface area contributed by atoms with Gasteiger partial charge < -0.3 is 0 Å². The Labute approximate surface area is 252 Å². The molecule has 1 saturated heterocycles. The summed E-state index contributed by atoms with van der Waals surface area (Å²) in [5, 5.41) is 34.3. The predicted molar refractivity (Wildman–Crippen MR) is 161 cm³/mol. The number of aromatic nitrogens is 6. The van der Waals surface area contributed by atoms with Gasteiger partial charge in [-0.15, -0.1) is 0 Å². The first-order valence-electron chi connectivity index (χ1n) is 12.7. The first-order chi connectivity index (χ1) is 20.0. The van der Waals surface area contributed by atoms with Crippen molar-refractivity contribution in [1.82, 2.24) is 27.5 Å². The number of anilines is 2. The molecule has 41 heavy (non-hydrogen) atoms. The van der Waals surface area contributed by atoms with Gasteiger partial charge in [0.15, 0.2) is 0 Å². The molecule has 7 rings (SSSR count). The minimum absolute atomic E-state index is 0.0676. The molecule has 0 saturated carbocycles. The number of nitrogens with zero attached hydrogens (tertiary/aromatic N) is 7. The fraction of sp³-hybridized carbons (Fsp3) is 0.280. The zero-order valence-corrected chi connectivity index (χ0v) is 26.6. The van der Waals surface area contributed by atoms with Crippen LogP contribution in [-0.4, -0.2) is 88.3 Å². The fourth-order valence-electron chi connectivity index (χ4n) is 4.72. The van der Waals surface area contributed by atoms with Gasteiger partial charge in [-0.3, -0.25) is 0 Å². The third-order valence-corrected chi connectivity index (χ3v) is 13.7. The zero-order chi connectivity index (χ0) is 28.1. The van der Waals surface area contributed by atoms with Crippen molar-refractivity contribution in [2.24, 2.45) is 0 Å². The number of aliphatic hydroxyl groups is 1. The van der Waals surface area contributed by atoms with E-state index in [0.717, 1.165) is 45.1 Å². The molecule has 1 aliphatic heterocycles. The van der Waals surface area contributed by atoms with E-state index in [1.54, 1.807) is 26.4 Å². The molecule has 2 aromatic carbocycles. The first kappa shape index (κ1) is 26.8. The summed E-state index contributed by atoms with van der Waals surface area (Å²) in [5.41, 5.74) is 0.575. The molecule has 0 radical (unpaired) electrons. The summed E-state index contributed by atoms with van der Waals surface area (Å²) >= 11 is 2.43. The van der Waals surface area contributed by atoms with Gasteiger partial charge in [0.05, 0.1) is 0 Å². The second-order valence-electron chi connectivity index (χ2n) is 9.40. The molecule has 210 valence electrons. The van der Waals surface area contributed by atoms with Crippen LogP contribution in [0.5, 0.6) is 5.75 Å². The van der Waals surface area contributed by atoms with E-state index in [9.17, 15) is 14.7 Å². The quantitative estimate of drug-likeness (QED) is 0.235. The molecule has 12 nitrogen and oxygen atoms in total. The van der Waals surface area contributed by atoms with Gasteiger partial charge >= 0.3 is 254 Å².